The van der Waals surface area contributed by atoms with Crippen molar-refractivity contribution in [2.24, 2.45) is 5.92 Å². The van der Waals surface area contributed by atoms with E-state index in [0.29, 0.717) is 0 Å². The van der Waals surface area contributed by atoms with Crippen LogP contribution in [0.15, 0.2) is 12.1 Å². The number of carbonyl (C=O) groups excluding carboxylic acids is 2. The lowest BCUT2D eigenvalue weighted by molar-refractivity contribution is -0.140. The molecule has 1 aromatic carbocycles. The molecule has 2 unspecified atom stereocenters. The summed E-state index contributed by atoms with van der Waals surface area (Å²) in [4.78, 5) is 24.9. The van der Waals surface area contributed by atoms with Crippen LogP contribution >= 0.6 is 0 Å². The molecule has 1 N–H and O–H groups in total. The molecule has 108 valence electrons. The minimum atomic E-state index is -0.825. The Kier molecular flexibility index (Phi) is 3.95. The fourth-order valence-corrected chi connectivity index (χ4v) is 3.02. The zero-order valence-electron chi connectivity index (χ0n) is 12.4. The van der Waals surface area contributed by atoms with Gasteiger partial charge in [0.05, 0.1) is 12.6 Å². The van der Waals surface area contributed by atoms with Crippen molar-refractivity contribution in [1.82, 2.24) is 4.90 Å². The first kappa shape index (κ1) is 14.7. The van der Waals surface area contributed by atoms with Gasteiger partial charge < -0.3 is 5.11 Å². The Morgan fingerprint density at radius 2 is 1.80 bits per heavy atom. The van der Waals surface area contributed by atoms with Gasteiger partial charge in [0.1, 0.15) is 0 Å². The SMILES string of the molecule is Cc1cc(C)c(C(O)CN2C(=O)CC(C)C2=O)c(C)c1. The Bertz CT molecular complexity index is 542. The number of rotatable bonds is 3. The van der Waals surface area contributed by atoms with Gasteiger partial charge in [-0.15, -0.1) is 0 Å². The number of aliphatic hydroxyl groups excluding tert-OH is 1. The van der Waals surface area contributed by atoms with Crippen LogP contribution in [0.5, 0.6) is 0 Å². The summed E-state index contributed by atoms with van der Waals surface area (Å²) in [6.07, 6.45) is -0.578. The number of carbonyl (C=O) groups is 2. The van der Waals surface area contributed by atoms with Gasteiger partial charge in [0, 0.05) is 12.3 Å². The molecule has 20 heavy (non-hydrogen) atoms. The van der Waals surface area contributed by atoms with E-state index in [-0.39, 0.29) is 30.7 Å². The lowest BCUT2D eigenvalue weighted by Gasteiger charge is -2.22. The number of imide groups is 1. The van der Waals surface area contributed by atoms with Crippen molar-refractivity contribution >= 4 is 11.8 Å². The van der Waals surface area contributed by atoms with Gasteiger partial charge in [-0.25, -0.2) is 0 Å². The highest BCUT2D eigenvalue weighted by Crippen LogP contribution is 2.27. The average Bonchev–Trinajstić information content (AvgIpc) is 2.54. The molecule has 2 rings (SSSR count). The number of hydrogen-bond acceptors (Lipinski definition) is 3. The number of aryl methyl sites for hydroxylation is 3. The van der Waals surface area contributed by atoms with Crippen molar-refractivity contribution in [3.05, 3.63) is 34.4 Å². The lowest BCUT2D eigenvalue weighted by Crippen LogP contribution is -2.34. The van der Waals surface area contributed by atoms with Crippen LogP contribution in [0.4, 0.5) is 0 Å². The summed E-state index contributed by atoms with van der Waals surface area (Å²) in [6, 6.07) is 4.00. The predicted molar refractivity (Wildman–Crippen MR) is 76.1 cm³/mol. The van der Waals surface area contributed by atoms with Crippen LogP contribution < -0.4 is 0 Å². The molecule has 1 aliphatic heterocycles. The maximum Gasteiger partial charge on any atom is 0.232 e. The molecule has 2 atom stereocenters. The molecule has 0 aromatic heterocycles. The lowest BCUT2D eigenvalue weighted by atomic mass is 9.95. The van der Waals surface area contributed by atoms with E-state index in [0.717, 1.165) is 22.3 Å². The molecule has 0 bridgehead atoms. The van der Waals surface area contributed by atoms with Crippen molar-refractivity contribution in [2.75, 3.05) is 6.54 Å². The van der Waals surface area contributed by atoms with E-state index < -0.39 is 6.10 Å². The highest BCUT2D eigenvalue weighted by Gasteiger charge is 2.36. The highest BCUT2D eigenvalue weighted by molar-refractivity contribution is 6.03. The third-order valence-corrected chi connectivity index (χ3v) is 3.90. The summed E-state index contributed by atoms with van der Waals surface area (Å²) in [7, 11) is 0. The van der Waals surface area contributed by atoms with Crippen LogP contribution in [0.25, 0.3) is 0 Å². The molecule has 0 radical (unpaired) electrons. The molecular weight excluding hydrogens is 254 g/mol. The second kappa shape index (κ2) is 5.37. The van der Waals surface area contributed by atoms with Gasteiger partial charge in [-0.2, -0.15) is 0 Å². The van der Waals surface area contributed by atoms with E-state index in [9.17, 15) is 14.7 Å². The largest absolute Gasteiger partial charge is 0.387 e. The zero-order chi connectivity index (χ0) is 15.0. The summed E-state index contributed by atoms with van der Waals surface area (Å²) in [5.41, 5.74) is 3.93. The van der Waals surface area contributed by atoms with Crippen molar-refractivity contribution < 1.29 is 14.7 Å². The standard InChI is InChI=1S/C16H21NO3/c1-9-5-10(2)15(11(3)6-9)13(18)8-17-14(19)7-12(4)16(17)20/h5-6,12-13,18H,7-8H2,1-4H3. The second-order valence-corrected chi connectivity index (χ2v) is 5.78. The van der Waals surface area contributed by atoms with E-state index in [4.69, 9.17) is 0 Å². The molecule has 0 saturated carbocycles. The van der Waals surface area contributed by atoms with E-state index in [1.165, 1.54) is 4.90 Å². The molecular formula is C16H21NO3. The summed E-state index contributed by atoms with van der Waals surface area (Å²) < 4.78 is 0. The van der Waals surface area contributed by atoms with Gasteiger partial charge in [0.15, 0.2) is 0 Å². The smallest absolute Gasteiger partial charge is 0.232 e. The first-order valence-electron chi connectivity index (χ1n) is 6.91. The van der Waals surface area contributed by atoms with Crippen molar-refractivity contribution in [3.8, 4) is 0 Å². The van der Waals surface area contributed by atoms with Gasteiger partial charge in [-0.3, -0.25) is 14.5 Å². The monoisotopic (exact) mass is 275 g/mol. The summed E-state index contributed by atoms with van der Waals surface area (Å²) in [6.45, 7) is 7.68. The Morgan fingerprint density at radius 1 is 1.25 bits per heavy atom. The van der Waals surface area contributed by atoms with Gasteiger partial charge in [-0.1, -0.05) is 24.6 Å². The van der Waals surface area contributed by atoms with Crippen molar-refractivity contribution in [2.45, 2.75) is 40.2 Å². The Hall–Kier alpha value is -1.68. The normalized spacial score (nSPS) is 20.6. The van der Waals surface area contributed by atoms with E-state index in [1.54, 1.807) is 6.92 Å². The summed E-state index contributed by atoms with van der Waals surface area (Å²) in [5.74, 6) is -0.643. The molecule has 2 amide bonds. The van der Waals surface area contributed by atoms with Crippen molar-refractivity contribution in [1.29, 1.82) is 0 Å². The van der Waals surface area contributed by atoms with Crippen LogP contribution in [-0.2, 0) is 9.59 Å². The summed E-state index contributed by atoms with van der Waals surface area (Å²) >= 11 is 0. The summed E-state index contributed by atoms with van der Waals surface area (Å²) in [5, 5.41) is 10.4. The quantitative estimate of drug-likeness (QED) is 0.859. The maximum atomic E-state index is 11.9. The second-order valence-electron chi connectivity index (χ2n) is 5.78. The van der Waals surface area contributed by atoms with Crippen molar-refractivity contribution in [3.63, 3.8) is 0 Å². The van der Waals surface area contributed by atoms with Crippen LogP contribution in [0.1, 0.15) is 41.7 Å². The molecule has 0 spiro atoms. The predicted octanol–water partition coefficient (Wildman–Crippen LogP) is 2.04. The minimum Gasteiger partial charge on any atom is -0.387 e. The molecule has 1 heterocycles. The first-order valence-corrected chi connectivity index (χ1v) is 6.91. The van der Waals surface area contributed by atoms with Crippen LogP contribution in [0.2, 0.25) is 0 Å². The molecule has 1 aliphatic rings. The Morgan fingerprint density at radius 3 is 2.25 bits per heavy atom. The fourth-order valence-electron chi connectivity index (χ4n) is 3.02. The van der Waals surface area contributed by atoms with Crippen LogP contribution in [-0.4, -0.2) is 28.4 Å². The number of likely N-dealkylation sites (tertiary alicyclic amines) is 1. The maximum absolute atomic E-state index is 11.9. The Labute approximate surface area is 119 Å². The first-order chi connectivity index (χ1) is 9.31. The highest BCUT2D eigenvalue weighted by atomic mass is 16.3. The number of amides is 2. The number of benzene rings is 1. The van der Waals surface area contributed by atoms with E-state index in [1.807, 2.05) is 32.9 Å². The molecule has 1 fully saturated rings. The van der Waals surface area contributed by atoms with Gasteiger partial charge in [-0.05, 0) is 37.5 Å². The molecule has 1 saturated heterocycles. The zero-order valence-corrected chi connectivity index (χ0v) is 12.4. The molecule has 4 heteroatoms. The van der Waals surface area contributed by atoms with E-state index >= 15 is 0 Å². The third kappa shape index (κ3) is 2.61. The number of β-amino-alcohol motifs (C(OH)–C–C–N with tert-alkyl or cyclic N) is 1. The molecule has 1 aromatic rings. The molecule has 0 aliphatic carbocycles. The van der Waals surface area contributed by atoms with Gasteiger partial charge in [0.25, 0.3) is 0 Å². The molecule has 4 nitrogen and oxygen atoms in total. The van der Waals surface area contributed by atoms with Crippen LogP contribution in [0.3, 0.4) is 0 Å². The number of hydrogen-bond donors (Lipinski definition) is 1. The minimum absolute atomic E-state index is 0.0484. The fraction of sp³-hybridized carbons (Fsp3) is 0.500. The van der Waals surface area contributed by atoms with E-state index in [2.05, 4.69) is 0 Å². The Balaban J connectivity index is 2.23. The van der Waals surface area contributed by atoms with Gasteiger partial charge >= 0.3 is 0 Å². The third-order valence-electron chi connectivity index (χ3n) is 3.90. The topological polar surface area (TPSA) is 57.6 Å². The van der Waals surface area contributed by atoms with Crippen LogP contribution in [0, 0.1) is 26.7 Å². The number of nitrogens with zero attached hydrogens (tertiary/aromatic N) is 1. The average molecular weight is 275 g/mol. The number of aliphatic hydroxyl groups is 1. The van der Waals surface area contributed by atoms with Gasteiger partial charge in [0.2, 0.25) is 11.8 Å².